The molecule has 0 amide bonds. The summed E-state index contributed by atoms with van der Waals surface area (Å²) in [4.78, 5) is 9.61. The van der Waals surface area contributed by atoms with Gasteiger partial charge in [-0.3, -0.25) is 0 Å². The molecule has 2 rings (SSSR count). The van der Waals surface area contributed by atoms with Crippen molar-refractivity contribution in [3.8, 4) is 0 Å². The van der Waals surface area contributed by atoms with E-state index < -0.39 is 0 Å². The summed E-state index contributed by atoms with van der Waals surface area (Å²) in [5.74, 6) is 3.57. The first-order valence-corrected chi connectivity index (χ1v) is 7.76. The van der Waals surface area contributed by atoms with Crippen LogP contribution in [0.3, 0.4) is 0 Å². The van der Waals surface area contributed by atoms with E-state index >= 15 is 0 Å². The monoisotopic (exact) mass is 261 g/mol. The highest BCUT2D eigenvalue weighted by Gasteiger charge is 2.23. The molecule has 0 radical (unpaired) electrons. The summed E-state index contributed by atoms with van der Waals surface area (Å²) in [6, 6.07) is 0. The Labute approximate surface area is 117 Å². The molecule has 0 spiro atoms. The van der Waals surface area contributed by atoms with Gasteiger partial charge < -0.3 is 5.32 Å². The van der Waals surface area contributed by atoms with Crippen molar-refractivity contribution in [1.29, 1.82) is 0 Å². The quantitative estimate of drug-likeness (QED) is 0.887. The SMILES string of the molecule is CCNc1nc(C2CCC(C)CC2)nc(C)c1CC. The topological polar surface area (TPSA) is 37.8 Å². The van der Waals surface area contributed by atoms with Gasteiger partial charge in [-0.15, -0.1) is 0 Å². The maximum atomic E-state index is 4.82. The number of hydrogen-bond donors (Lipinski definition) is 1. The van der Waals surface area contributed by atoms with Gasteiger partial charge in [-0.05, 0) is 39.0 Å². The average molecular weight is 261 g/mol. The summed E-state index contributed by atoms with van der Waals surface area (Å²) in [7, 11) is 0. The second-order valence-electron chi connectivity index (χ2n) is 5.84. The molecule has 1 fully saturated rings. The highest BCUT2D eigenvalue weighted by Crippen LogP contribution is 2.34. The number of rotatable bonds is 4. The molecule has 0 aliphatic heterocycles. The van der Waals surface area contributed by atoms with E-state index in [1.54, 1.807) is 0 Å². The standard InChI is InChI=1S/C16H27N3/c1-5-14-12(4)18-15(19-16(14)17-6-2)13-9-7-11(3)8-10-13/h11,13H,5-10H2,1-4H3,(H,17,18,19). The van der Waals surface area contributed by atoms with Crippen LogP contribution in [0, 0.1) is 12.8 Å². The molecule has 1 heterocycles. The molecule has 1 aliphatic carbocycles. The number of hydrogen-bond acceptors (Lipinski definition) is 3. The zero-order valence-electron chi connectivity index (χ0n) is 12.8. The van der Waals surface area contributed by atoms with Gasteiger partial charge in [-0.1, -0.05) is 26.7 Å². The molecule has 106 valence electrons. The van der Waals surface area contributed by atoms with Crippen molar-refractivity contribution in [2.75, 3.05) is 11.9 Å². The Morgan fingerprint density at radius 3 is 2.37 bits per heavy atom. The second-order valence-corrected chi connectivity index (χ2v) is 5.84. The summed E-state index contributed by atoms with van der Waals surface area (Å²) in [5.41, 5.74) is 2.43. The van der Waals surface area contributed by atoms with E-state index in [4.69, 9.17) is 9.97 Å². The summed E-state index contributed by atoms with van der Waals surface area (Å²) >= 11 is 0. The summed E-state index contributed by atoms with van der Waals surface area (Å²) in [5, 5.41) is 3.41. The summed E-state index contributed by atoms with van der Waals surface area (Å²) in [6.07, 6.45) is 6.13. The van der Waals surface area contributed by atoms with Crippen LogP contribution in [0.1, 0.15) is 69.5 Å². The van der Waals surface area contributed by atoms with E-state index in [-0.39, 0.29) is 0 Å². The molecule has 0 atom stereocenters. The third-order valence-corrected chi connectivity index (χ3v) is 4.31. The number of anilines is 1. The number of aromatic nitrogens is 2. The van der Waals surface area contributed by atoms with Gasteiger partial charge >= 0.3 is 0 Å². The van der Waals surface area contributed by atoms with Crippen molar-refractivity contribution < 1.29 is 0 Å². The molecule has 0 bridgehead atoms. The first kappa shape index (κ1) is 14.3. The fourth-order valence-electron chi connectivity index (χ4n) is 3.06. The lowest BCUT2D eigenvalue weighted by Crippen LogP contribution is -2.16. The van der Waals surface area contributed by atoms with E-state index in [0.29, 0.717) is 5.92 Å². The molecule has 1 saturated carbocycles. The van der Waals surface area contributed by atoms with Crippen LogP contribution in [0.25, 0.3) is 0 Å². The van der Waals surface area contributed by atoms with E-state index in [2.05, 4.69) is 33.0 Å². The van der Waals surface area contributed by atoms with Crippen molar-refractivity contribution in [2.24, 2.45) is 5.92 Å². The predicted molar refractivity (Wildman–Crippen MR) is 80.7 cm³/mol. The minimum atomic E-state index is 0.568. The van der Waals surface area contributed by atoms with Gasteiger partial charge in [0.15, 0.2) is 0 Å². The van der Waals surface area contributed by atoms with Crippen LogP contribution in [0.4, 0.5) is 5.82 Å². The van der Waals surface area contributed by atoms with Crippen LogP contribution in [-0.2, 0) is 6.42 Å². The van der Waals surface area contributed by atoms with Crippen LogP contribution in [0.5, 0.6) is 0 Å². The smallest absolute Gasteiger partial charge is 0.134 e. The van der Waals surface area contributed by atoms with Gasteiger partial charge in [0.05, 0.1) is 0 Å². The van der Waals surface area contributed by atoms with Gasteiger partial charge in [0.1, 0.15) is 11.6 Å². The number of nitrogens with one attached hydrogen (secondary N) is 1. The van der Waals surface area contributed by atoms with Gasteiger partial charge in [0.25, 0.3) is 0 Å². The lowest BCUT2D eigenvalue weighted by molar-refractivity contribution is 0.339. The Morgan fingerprint density at radius 2 is 1.79 bits per heavy atom. The molecular weight excluding hydrogens is 234 g/mol. The first-order valence-electron chi connectivity index (χ1n) is 7.76. The van der Waals surface area contributed by atoms with Crippen molar-refractivity contribution in [3.63, 3.8) is 0 Å². The largest absolute Gasteiger partial charge is 0.370 e. The van der Waals surface area contributed by atoms with E-state index in [0.717, 1.165) is 36.2 Å². The van der Waals surface area contributed by atoms with Crippen molar-refractivity contribution in [1.82, 2.24) is 9.97 Å². The Kier molecular flexibility index (Phi) is 4.78. The normalized spacial score (nSPS) is 23.4. The Hall–Kier alpha value is -1.12. The predicted octanol–water partition coefficient (Wildman–Crippen LogP) is 4.07. The molecule has 1 N–H and O–H groups in total. The molecule has 0 saturated heterocycles. The summed E-state index contributed by atoms with van der Waals surface area (Å²) in [6.45, 7) is 9.70. The molecule has 3 nitrogen and oxygen atoms in total. The third-order valence-electron chi connectivity index (χ3n) is 4.31. The molecule has 1 aliphatic rings. The number of nitrogens with zero attached hydrogens (tertiary/aromatic N) is 2. The van der Waals surface area contributed by atoms with Crippen molar-refractivity contribution in [2.45, 2.75) is 65.7 Å². The Bertz CT molecular complexity index is 420. The molecule has 1 aromatic rings. The first-order chi connectivity index (χ1) is 9.15. The lowest BCUT2D eigenvalue weighted by atomic mass is 9.82. The van der Waals surface area contributed by atoms with Crippen LogP contribution < -0.4 is 5.32 Å². The molecule has 3 heteroatoms. The van der Waals surface area contributed by atoms with Crippen LogP contribution in [0.2, 0.25) is 0 Å². The van der Waals surface area contributed by atoms with E-state index in [1.165, 1.54) is 31.2 Å². The second kappa shape index (κ2) is 6.36. The molecular formula is C16H27N3. The molecule has 19 heavy (non-hydrogen) atoms. The Morgan fingerprint density at radius 1 is 1.11 bits per heavy atom. The van der Waals surface area contributed by atoms with Crippen molar-refractivity contribution in [3.05, 3.63) is 17.1 Å². The zero-order valence-corrected chi connectivity index (χ0v) is 12.8. The van der Waals surface area contributed by atoms with Crippen LogP contribution in [0.15, 0.2) is 0 Å². The van der Waals surface area contributed by atoms with Gasteiger partial charge in [-0.2, -0.15) is 0 Å². The summed E-state index contributed by atoms with van der Waals surface area (Å²) < 4.78 is 0. The van der Waals surface area contributed by atoms with Gasteiger partial charge in [0, 0.05) is 23.7 Å². The van der Waals surface area contributed by atoms with Crippen molar-refractivity contribution >= 4 is 5.82 Å². The molecule has 0 aromatic carbocycles. The molecule has 1 aromatic heterocycles. The highest BCUT2D eigenvalue weighted by atomic mass is 15.0. The minimum absolute atomic E-state index is 0.568. The van der Waals surface area contributed by atoms with Crippen LogP contribution in [-0.4, -0.2) is 16.5 Å². The molecule has 0 unspecified atom stereocenters. The third kappa shape index (κ3) is 3.26. The van der Waals surface area contributed by atoms with Crippen LogP contribution >= 0.6 is 0 Å². The lowest BCUT2D eigenvalue weighted by Gasteiger charge is -2.26. The van der Waals surface area contributed by atoms with E-state index in [9.17, 15) is 0 Å². The maximum Gasteiger partial charge on any atom is 0.134 e. The maximum absolute atomic E-state index is 4.82. The van der Waals surface area contributed by atoms with E-state index in [1.807, 2.05) is 0 Å². The zero-order chi connectivity index (χ0) is 13.8. The highest BCUT2D eigenvalue weighted by molar-refractivity contribution is 5.46. The minimum Gasteiger partial charge on any atom is -0.370 e. The number of aryl methyl sites for hydroxylation is 1. The average Bonchev–Trinajstić information content (AvgIpc) is 2.39. The fraction of sp³-hybridized carbons (Fsp3) is 0.750. The van der Waals surface area contributed by atoms with Gasteiger partial charge in [0.2, 0.25) is 0 Å². The van der Waals surface area contributed by atoms with Gasteiger partial charge in [-0.25, -0.2) is 9.97 Å². The Balaban J connectivity index is 2.26. The fourth-order valence-corrected chi connectivity index (χ4v) is 3.06.